The highest BCUT2D eigenvalue weighted by atomic mass is 35.5. The number of nitrogens with zero attached hydrogens (tertiary/aromatic N) is 1. The normalized spacial score (nSPS) is 10.9. The van der Waals surface area contributed by atoms with Gasteiger partial charge in [-0.2, -0.15) is 5.10 Å². The fourth-order valence-corrected chi connectivity index (χ4v) is 3.16. The first-order valence-electron chi connectivity index (χ1n) is 8.23. The molecular weight excluding hydrogens is 384 g/mol. The van der Waals surface area contributed by atoms with Crippen LogP contribution in [0.25, 0.3) is 21.7 Å². The van der Waals surface area contributed by atoms with Crippen LogP contribution in [-0.2, 0) is 0 Å². The average molecular weight is 397 g/mol. The van der Waals surface area contributed by atoms with Crippen molar-refractivity contribution in [1.82, 2.24) is 21.0 Å². The molecule has 0 aliphatic carbocycles. The van der Waals surface area contributed by atoms with Crippen LogP contribution < -0.4 is 16.4 Å². The molecule has 2 heterocycles. The second-order valence-electron chi connectivity index (χ2n) is 6.03. The largest absolute Gasteiger partial charge is 0.449 e. The van der Waals surface area contributed by atoms with Crippen molar-refractivity contribution >= 4 is 45.2 Å². The zero-order valence-electron chi connectivity index (χ0n) is 14.5. The van der Waals surface area contributed by atoms with Gasteiger partial charge in [-0.15, -0.1) is 0 Å². The van der Waals surface area contributed by atoms with E-state index < -0.39 is 17.4 Å². The van der Waals surface area contributed by atoms with E-state index >= 15 is 0 Å². The minimum Gasteiger partial charge on any atom is -0.449 e. The van der Waals surface area contributed by atoms with Gasteiger partial charge in [0.25, 0.3) is 11.5 Å². The van der Waals surface area contributed by atoms with E-state index in [1.54, 1.807) is 49.4 Å². The molecule has 0 fully saturated rings. The summed E-state index contributed by atoms with van der Waals surface area (Å²) in [5, 5.41) is 7.81. The van der Waals surface area contributed by atoms with Gasteiger partial charge in [0.2, 0.25) is 0 Å². The molecule has 0 aliphatic heterocycles. The molecule has 2 amide bonds. The first kappa shape index (κ1) is 17.7. The number of nitrogens with one attached hydrogen (secondary N) is 3. The van der Waals surface area contributed by atoms with Gasteiger partial charge >= 0.3 is 5.91 Å². The highest BCUT2D eigenvalue weighted by Crippen LogP contribution is 2.30. The molecule has 0 saturated carbocycles. The Labute approximate surface area is 162 Å². The van der Waals surface area contributed by atoms with E-state index in [0.717, 1.165) is 0 Å². The molecule has 0 saturated heterocycles. The number of hydrogen-bond acceptors (Lipinski definition) is 5. The molecule has 2 aromatic heterocycles. The molecule has 0 unspecified atom stereocenters. The van der Waals surface area contributed by atoms with Crippen molar-refractivity contribution in [2.75, 3.05) is 0 Å². The molecule has 8 nitrogen and oxygen atoms in total. The smallest absolute Gasteiger partial charge is 0.305 e. The van der Waals surface area contributed by atoms with E-state index in [1.165, 1.54) is 0 Å². The van der Waals surface area contributed by atoms with Gasteiger partial charge in [0.1, 0.15) is 0 Å². The molecule has 0 aliphatic rings. The second-order valence-corrected chi connectivity index (χ2v) is 6.44. The van der Waals surface area contributed by atoms with E-state index in [-0.39, 0.29) is 11.5 Å². The third-order valence-corrected chi connectivity index (χ3v) is 4.62. The Bertz CT molecular complexity index is 1310. The van der Waals surface area contributed by atoms with Crippen LogP contribution in [0.2, 0.25) is 5.02 Å². The molecule has 0 bridgehead atoms. The zero-order chi connectivity index (χ0) is 19.8. The molecule has 2 aromatic carbocycles. The first-order chi connectivity index (χ1) is 13.5. The third kappa shape index (κ3) is 2.89. The van der Waals surface area contributed by atoms with Crippen LogP contribution in [0.5, 0.6) is 0 Å². The number of benzene rings is 2. The van der Waals surface area contributed by atoms with Crippen molar-refractivity contribution < 1.29 is 14.0 Å². The summed E-state index contributed by atoms with van der Waals surface area (Å²) in [5.41, 5.74) is 5.12. The summed E-state index contributed by atoms with van der Waals surface area (Å²) in [6.07, 6.45) is 0. The van der Waals surface area contributed by atoms with E-state index in [4.69, 9.17) is 16.0 Å². The van der Waals surface area contributed by atoms with Gasteiger partial charge in [0, 0.05) is 16.3 Å². The minimum atomic E-state index is -0.687. The van der Waals surface area contributed by atoms with Crippen LogP contribution in [0, 0.1) is 6.92 Å². The first-order valence-corrected chi connectivity index (χ1v) is 8.61. The number of H-pyrrole nitrogens is 1. The third-order valence-electron chi connectivity index (χ3n) is 4.32. The van der Waals surface area contributed by atoms with Gasteiger partial charge in [0.15, 0.2) is 17.0 Å². The van der Waals surface area contributed by atoms with Gasteiger partial charge in [-0.1, -0.05) is 41.9 Å². The number of aromatic nitrogens is 2. The fourth-order valence-electron chi connectivity index (χ4n) is 2.94. The Kier molecular flexibility index (Phi) is 4.32. The summed E-state index contributed by atoms with van der Waals surface area (Å²) >= 11 is 6.09. The van der Waals surface area contributed by atoms with Gasteiger partial charge in [-0.05, 0) is 19.1 Å². The number of furan rings is 1. The topological polar surface area (TPSA) is 117 Å². The van der Waals surface area contributed by atoms with Crippen molar-refractivity contribution in [3.63, 3.8) is 0 Å². The van der Waals surface area contributed by atoms with Crippen molar-refractivity contribution in [2.45, 2.75) is 6.92 Å². The van der Waals surface area contributed by atoms with Crippen molar-refractivity contribution in [3.05, 3.63) is 74.9 Å². The number of hydrogen-bond donors (Lipinski definition) is 3. The summed E-state index contributed by atoms with van der Waals surface area (Å²) in [4.78, 5) is 36.7. The highest BCUT2D eigenvalue weighted by Gasteiger charge is 2.20. The number of aryl methyl sites for hydroxylation is 1. The second kappa shape index (κ2) is 6.82. The summed E-state index contributed by atoms with van der Waals surface area (Å²) in [5.74, 6) is -1.30. The highest BCUT2D eigenvalue weighted by molar-refractivity contribution is 6.35. The quantitative estimate of drug-likeness (QED) is 0.450. The number of hydrazine groups is 1. The van der Waals surface area contributed by atoms with E-state index in [1.807, 2.05) is 0 Å². The molecule has 0 spiro atoms. The van der Waals surface area contributed by atoms with Crippen LogP contribution in [0.1, 0.15) is 26.6 Å². The summed E-state index contributed by atoms with van der Waals surface area (Å²) < 4.78 is 5.56. The standard InChI is InChI=1S/C19H13ClN4O4/c1-9-10-7-4-8-13(20)16(10)28-15(9)19(27)24-23-18(26)14-11-5-2-3-6-12(11)17(25)22-21-14/h2-8H,1H3,(H,22,25)(H,23,26)(H,24,27). The van der Waals surface area contributed by atoms with Crippen molar-refractivity contribution in [2.24, 2.45) is 0 Å². The monoisotopic (exact) mass is 396 g/mol. The van der Waals surface area contributed by atoms with E-state index in [0.29, 0.717) is 32.3 Å². The number of carbonyl (C=O) groups is 2. The van der Waals surface area contributed by atoms with Gasteiger partial charge < -0.3 is 4.42 Å². The Morgan fingerprint density at radius 1 is 1.00 bits per heavy atom. The molecule has 28 heavy (non-hydrogen) atoms. The maximum absolute atomic E-state index is 12.5. The van der Waals surface area contributed by atoms with Crippen LogP contribution in [0.3, 0.4) is 0 Å². The van der Waals surface area contributed by atoms with Crippen LogP contribution in [0.15, 0.2) is 51.7 Å². The molecule has 9 heteroatoms. The Balaban J connectivity index is 1.59. The molecule has 4 aromatic rings. The van der Waals surface area contributed by atoms with E-state index in [2.05, 4.69) is 21.0 Å². The average Bonchev–Trinajstić information content (AvgIpc) is 3.05. The Morgan fingerprint density at radius 2 is 1.68 bits per heavy atom. The van der Waals surface area contributed by atoms with Crippen LogP contribution in [0.4, 0.5) is 0 Å². The Hall–Kier alpha value is -3.65. The predicted octanol–water partition coefficient (Wildman–Crippen LogP) is 2.71. The number of fused-ring (bicyclic) bond motifs is 2. The predicted molar refractivity (Wildman–Crippen MR) is 103 cm³/mol. The number of para-hydroxylation sites is 1. The lowest BCUT2D eigenvalue weighted by Gasteiger charge is -2.07. The molecule has 0 atom stereocenters. The number of carbonyl (C=O) groups excluding carboxylic acids is 2. The lowest BCUT2D eigenvalue weighted by molar-refractivity contribution is 0.0829. The zero-order valence-corrected chi connectivity index (χ0v) is 15.3. The van der Waals surface area contributed by atoms with Gasteiger partial charge in [0.05, 0.1) is 10.4 Å². The summed E-state index contributed by atoms with van der Waals surface area (Å²) in [7, 11) is 0. The SMILES string of the molecule is Cc1c(C(=O)NNC(=O)c2n[nH]c(=O)c3ccccc23)oc2c(Cl)cccc12. The number of rotatable bonds is 2. The summed E-state index contributed by atoms with van der Waals surface area (Å²) in [6, 6.07) is 11.7. The lowest BCUT2D eigenvalue weighted by Crippen LogP contribution is -2.42. The number of amides is 2. The minimum absolute atomic E-state index is 0.0279. The molecule has 3 N–H and O–H groups in total. The van der Waals surface area contributed by atoms with Crippen LogP contribution >= 0.6 is 11.6 Å². The van der Waals surface area contributed by atoms with Crippen molar-refractivity contribution in [3.8, 4) is 0 Å². The van der Waals surface area contributed by atoms with Gasteiger partial charge in [-0.25, -0.2) is 5.10 Å². The van der Waals surface area contributed by atoms with Crippen LogP contribution in [-0.4, -0.2) is 22.0 Å². The number of aromatic amines is 1. The molecule has 0 radical (unpaired) electrons. The number of halogens is 1. The maximum atomic E-state index is 12.5. The lowest BCUT2D eigenvalue weighted by atomic mass is 10.1. The molecule has 4 rings (SSSR count). The summed E-state index contributed by atoms with van der Waals surface area (Å²) in [6.45, 7) is 1.72. The van der Waals surface area contributed by atoms with E-state index in [9.17, 15) is 14.4 Å². The van der Waals surface area contributed by atoms with Gasteiger partial charge in [-0.3, -0.25) is 25.2 Å². The maximum Gasteiger partial charge on any atom is 0.305 e. The molecular formula is C19H13ClN4O4. The molecule has 140 valence electrons. The Morgan fingerprint density at radius 3 is 2.43 bits per heavy atom. The fraction of sp³-hybridized carbons (Fsp3) is 0.0526. The van der Waals surface area contributed by atoms with Crippen molar-refractivity contribution in [1.29, 1.82) is 0 Å².